The molecule has 1 saturated heterocycles. The minimum absolute atomic E-state index is 0.103. The Bertz CT molecular complexity index is 264. The van der Waals surface area contributed by atoms with Crippen LogP contribution in [0.1, 0.15) is 32.6 Å². The van der Waals surface area contributed by atoms with Gasteiger partial charge in [0.2, 0.25) is 0 Å². The number of carbonyl (C=O) groups is 1. The number of hydrogen-bond donors (Lipinski definition) is 0. The molecule has 2 rings (SSSR count). The Kier molecular flexibility index (Phi) is 3.22. The maximum Gasteiger partial charge on any atom is 0.169 e. The topological polar surface area (TPSA) is 35.5 Å². The van der Waals surface area contributed by atoms with Crippen molar-refractivity contribution in [1.82, 2.24) is 0 Å². The van der Waals surface area contributed by atoms with Gasteiger partial charge in [-0.3, -0.25) is 4.79 Å². The molecule has 1 aliphatic carbocycles. The monoisotopic (exact) mass is 210 g/mol. The van der Waals surface area contributed by atoms with Crippen molar-refractivity contribution in [3.63, 3.8) is 0 Å². The Morgan fingerprint density at radius 1 is 1.47 bits per heavy atom. The highest BCUT2D eigenvalue weighted by molar-refractivity contribution is 5.91. The number of rotatable bonds is 3. The van der Waals surface area contributed by atoms with Gasteiger partial charge in [0.15, 0.2) is 11.6 Å². The molecule has 0 bridgehead atoms. The summed E-state index contributed by atoms with van der Waals surface area (Å²) in [7, 11) is 0. The molecule has 3 nitrogen and oxygen atoms in total. The fraction of sp³-hybridized carbons (Fsp3) is 0.750. The second-order valence-corrected chi connectivity index (χ2v) is 4.26. The first-order valence-corrected chi connectivity index (χ1v) is 5.74. The molecule has 1 unspecified atom stereocenters. The van der Waals surface area contributed by atoms with Crippen LogP contribution >= 0.6 is 0 Å². The first-order chi connectivity index (χ1) is 7.26. The van der Waals surface area contributed by atoms with E-state index in [-0.39, 0.29) is 11.7 Å². The zero-order valence-electron chi connectivity index (χ0n) is 9.20. The Labute approximate surface area is 90.4 Å². The third kappa shape index (κ3) is 2.29. The van der Waals surface area contributed by atoms with Crippen LogP contribution in [0.3, 0.4) is 0 Å². The Hall–Kier alpha value is -0.670. The van der Waals surface area contributed by atoms with Crippen LogP contribution in [0, 0.1) is 5.92 Å². The number of carbonyl (C=O) groups excluding carboxylic acids is 1. The van der Waals surface area contributed by atoms with Gasteiger partial charge in [0.1, 0.15) is 0 Å². The zero-order valence-corrected chi connectivity index (χ0v) is 9.20. The number of ether oxygens (including phenoxy) is 2. The second-order valence-electron chi connectivity index (χ2n) is 4.26. The molecular weight excluding hydrogens is 192 g/mol. The van der Waals surface area contributed by atoms with Crippen molar-refractivity contribution >= 4 is 5.78 Å². The normalized spacial score (nSPS) is 29.3. The lowest BCUT2D eigenvalue weighted by molar-refractivity contribution is -0.154. The average Bonchev–Trinajstić information content (AvgIpc) is 2.86. The lowest BCUT2D eigenvalue weighted by Gasteiger charge is -2.20. The summed E-state index contributed by atoms with van der Waals surface area (Å²) in [6.45, 7) is 3.38. The van der Waals surface area contributed by atoms with E-state index in [2.05, 4.69) is 0 Å². The molecule has 15 heavy (non-hydrogen) atoms. The van der Waals surface area contributed by atoms with Crippen LogP contribution < -0.4 is 0 Å². The highest BCUT2D eigenvalue weighted by Gasteiger charge is 2.45. The number of hydrogen-bond acceptors (Lipinski definition) is 3. The van der Waals surface area contributed by atoms with Crippen molar-refractivity contribution < 1.29 is 14.3 Å². The van der Waals surface area contributed by atoms with Crippen LogP contribution in [0.4, 0.5) is 0 Å². The molecule has 0 aromatic heterocycles. The maximum atomic E-state index is 11.7. The van der Waals surface area contributed by atoms with Gasteiger partial charge in [-0.25, -0.2) is 0 Å². The van der Waals surface area contributed by atoms with Crippen molar-refractivity contribution in [2.24, 2.45) is 5.92 Å². The standard InChI is InChI=1S/C12H18O3/c1-2-3-4-11(13)10-5-6-12(9-10)14-7-8-15-12/h3-4,10H,2,5-9H2,1H3/b4-3-. The number of allylic oxidation sites excluding steroid dienone is 2. The summed E-state index contributed by atoms with van der Waals surface area (Å²) < 4.78 is 11.2. The smallest absolute Gasteiger partial charge is 0.169 e. The van der Waals surface area contributed by atoms with Crippen molar-refractivity contribution in [2.75, 3.05) is 13.2 Å². The fourth-order valence-electron chi connectivity index (χ4n) is 2.35. The van der Waals surface area contributed by atoms with Gasteiger partial charge in [0.05, 0.1) is 13.2 Å². The fourth-order valence-corrected chi connectivity index (χ4v) is 2.35. The Morgan fingerprint density at radius 3 is 2.87 bits per heavy atom. The van der Waals surface area contributed by atoms with E-state index in [1.165, 1.54) is 0 Å². The molecule has 3 heteroatoms. The van der Waals surface area contributed by atoms with E-state index in [0.29, 0.717) is 13.2 Å². The summed E-state index contributed by atoms with van der Waals surface area (Å²) in [5, 5.41) is 0. The lowest BCUT2D eigenvalue weighted by Crippen LogP contribution is -2.26. The van der Waals surface area contributed by atoms with Crippen LogP contribution in [0.15, 0.2) is 12.2 Å². The number of ketones is 1. The summed E-state index contributed by atoms with van der Waals surface area (Å²) in [6, 6.07) is 0. The van der Waals surface area contributed by atoms with Crippen LogP contribution in [-0.4, -0.2) is 24.8 Å². The predicted molar refractivity (Wildman–Crippen MR) is 56.4 cm³/mol. The van der Waals surface area contributed by atoms with Gasteiger partial charge >= 0.3 is 0 Å². The molecule has 0 aromatic rings. The molecule has 1 atom stereocenters. The highest BCUT2D eigenvalue weighted by atomic mass is 16.7. The first-order valence-electron chi connectivity index (χ1n) is 5.74. The molecule has 84 valence electrons. The Balaban J connectivity index is 1.91. The van der Waals surface area contributed by atoms with Gasteiger partial charge in [-0.2, -0.15) is 0 Å². The first kappa shape index (κ1) is 10.8. The average molecular weight is 210 g/mol. The predicted octanol–water partition coefficient (Wildman–Crippen LogP) is 2.06. The van der Waals surface area contributed by atoms with E-state index in [0.717, 1.165) is 25.7 Å². The minimum atomic E-state index is -0.416. The van der Waals surface area contributed by atoms with Crippen LogP contribution in [0.25, 0.3) is 0 Å². The third-order valence-corrected chi connectivity index (χ3v) is 3.16. The van der Waals surface area contributed by atoms with Gasteiger partial charge in [0.25, 0.3) is 0 Å². The molecule has 1 heterocycles. The molecule has 2 fully saturated rings. The van der Waals surface area contributed by atoms with E-state index < -0.39 is 5.79 Å². The third-order valence-electron chi connectivity index (χ3n) is 3.16. The highest BCUT2D eigenvalue weighted by Crippen LogP contribution is 2.41. The van der Waals surface area contributed by atoms with Crippen LogP contribution in [-0.2, 0) is 14.3 Å². The van der Waals surface area contributed by atoms with Gasteiger partial charge in [-0.1, -0.05) is 13.0 Å². The van der Waals surface area contributed by atoms with E-state index in [1.807, 2.05) is 13.0 Å². The summed E-state index contributed by atoms with van der Waals surface area (Å²) in [6.07, 6.45) is 7.04. The van der Waals surface area contributed by atoms with Crippen molar-refractivity contribution in [3.8, 4) is 0 Å². The molecule has 0 amide bonds. The van der Waals surface area contributed by atoms with E-state index in [9.17, 15) is 4.79 Å². The molecular formula is C12H18O3. The van der Waals surface area contributed by atoms with E-state index >= 15 is 0 Å². The van der Waals surface area contributed by atoms with Crippen LogP contribution in [0.2, 0.25) is 0 Å². The molecule has 0 radical (unpaired) electrons. The molecule has 0 N–H and O–H groups in total. The molecule has 1 spiro atoms. The summed E-state index contributed by atoms with van der Waals surface area (Å²) in [5.74, 6) is -0.0841. The molecule has 1 saturated carbocycles. The van der Waals surface area contributed by atoms with Crippen LogP contribution in [0.5, 0.6) is 0 Å². The largest absolute Gasteiger partial charge is 0.348 e. The second kappa shape index (κ2) is 4.45. The maximum absolute atomic E-state index is 11.7. The van der Waals surface area contributed by atoms with Crippen molar-refractivity contribution in [2.45, 2.75) is 38.4 Å². The quantitative estimate of drug-likeness (QED) is 0.669. The molecule has 1 aliphatic heterocycles. The zero-order chi connectivity index (χ0) is 10.7. The van der Waals surface area contributed by atoms with E-state index in [1.54, 1.807) is 6.08 Å². The molecule has 0 aromatic carbocycles. The van der Waals surface area contributed by atoms with Crippen molar-refractivity contribution in [3.05, 3.63) is 12.2 Å². The van der Waals surface area contributed by atoms with Gasteiger partial charge in [-0.05, 0) is 18.9 Å². The van der Waals surface area contributed by atoms with Crippen molar-refractivity contribution in [1.29, 1.82) is 0 Å². The minimum Gasteiger partial charge on any atom is -0.348 e. The lowest BCUT2D eigenvalue weighted by atomic mass is 10.0. The SMILES string of the molecule is CC/C=C\C(=O)C1CCC2(C1)OCCO2. The van der Waals surface area contributed by atoms with Gasteiger partial charge in [-0.15, -0.1) is 0 Å². The van der Waals surface area contributed by atoms with Gasteiger partial charge in [0, 0.05) is 18.8 Å². The summed E-state index contributed by atoms with van der Waals surface area (Å²) in [5.41, 5.74) is 0. The summed E-state index contributed by atoms with van der Waals surface area (Å²) >= 11 is 0. The Morgan fingerprint density at radius 2 is 2.20 bits per heavy atom. The van der Waals surface area contributed by atoms with E-state index in [4.69, 9.17) is 9.47 Å². The molecule has 2 aliphatic rings. The van der Waals surface area contributed by atoms with Gasteiger partial charge < -0.3 is 9.47 Å². The summed E-state index contributed by atoms with van der Waals surface area (Å²) in [4.78, 5) is 11.7.